The van der Waals surface area contributed by atoms with Crippen LogP contribution in [0.1, 0.15) is 12.5 Å². The minimum atomic E-state index is -4.60. The van der Waals surface area contributed by atoms with E-state index < -0.39 is 22.9 Å². The Labute approximate surface area is 115 Å². The van der Waals surface area contributed by atoms with Crippen LogP contribution in [0.25, 0.3) is 0 Å². The molecule has 0 radical (unpaired) electrons. The smallest absolute Gasteiger partial charge is 0.313 e. The molecule has 0 atom stereocenters. The lowest BCUT2D eigenvalue weighted by atomic mass is 10.2. The highest BCUT2D eigenvalue weighted by Gasteiger charge is 2.29. The van der Waals surface area contributed by atoms with E-state index in [4.69, 9.17) is 0 Å². The van der Waals surface area contributed by atoms with E-state index in [0.717, 1.165) is 12.1 Å². The summed E-state index contributed by atoms with van der Waals surface area (Å²) in [5, 5.41) is 3.06. The molecule has 0 aliphatic rings. The van der Waals surface area contributed by atoms with Gasteiger partial charge in [0.2, 0.25) is 0 Å². The van der Waals surface area contributed by atoms with Crippen LogP contribution in [0.5, 0.6) is 0 Å². The summed E-state index contributed by atoms with van der Waals surface area (Å²) in [6.07, 6.45) is -4.60. The molecule has 5 nitrogen and oxygen atoms in total. The average molecular weight is 311 g/mol. The van der Waals surface area contributed by atoms with Gasteiger partial charge in [-0.1, -0.05) is 19.1 Å². The van der Waals surface area contributed by atoms with E-state index in [1.165, 1.54) is 10.8 Å². The number of hydrogen-bond acceptors (Lipinski definition) is 3. The van der Waals surface area contributed by atoms with Gasteiger partial charge in [-0.15, -0.1) is 0 Å². The molecule has 0 aliphatic heterocycles. The number of alkyl halides is 3. The summed E-state index contributed by atoms with van der Waals surface area (Å²) in [5.74, 6) is 0. The highest BCUT2D eigenvalue weighted by atomic mass is 32.2. The molecule has 1 aromatic rings. The Hall–Kier alpha value is -1.32. The lowest BCUT2D eigenvalue weighted by Crippen LogP contribution is -2.37. The van der Waals surface area contributed by atoms with E-state index >= 15 is 0 Å². The molecule has 0 heterocycles. The topological polar surface area (TPSA) is 70.2 Å². The van der Waals surface area contributed by atoms with E-state index in [-0.39, 0.29) is 5.69 Å². The first-order valence-electron chi connectivity index (χ1n) is 5.85. The highest BCUT2D eigenvalue weighted by Crippen LogP contribution is 2.14. The fourth-order valence-electron chi connectivity index (χ4n) is 1.38. The van der Waals surface area contributed by atoms with Crippen LogP contribution in [-0.2, 0) is 16.8 Å². The van der Waals surface area contributed by atoms with Crippen LogP contribution in [0.3, 0.4) is 0 Å². The molecule has 0 fully saturated rings. The van der Waals surface area contributed by atoms with Crippen molar-refractivity contribution in [3.05, 3.63) is 29.8 Å². The van der Waals surface area contributed by atoms with E-state index in [9.17, 15) is 21.6 Å². The van der Waals surface area contributed by atoms with Crippen molar-refractivity contribution in [3.8, 4) is 0 Å². The van der Waals surface area contributed by atoms with Gasteiger partial charge >= 0.3 is 6.18 Å². The van der Waals surface area contributed by atoms with E-state index in [0.29, 0.717) is 6.54 Å². The largest absolute Gasteiger partial charge is 0.402 e. The van der Waals surface area contributed by atoms with Gasteiger partial charge < -0.3 is 5.32 Å². The molecule has 0 spiro atoms. The first-order valence-corrected chi connectivity index (χ1v) is 7.34. The molecular weight excluding hydrogens is 295 g/mol. The summed E-state index contributed by atoms with van der Waals surface area (Å²) in [7, 11) is -4.25. The summed E-state index contributed by atoms with van der Waals surface area (Å²) < 4.78 is 62.2. The molecule has 1 aromatic carbocycles. The zero-order chi connectivity index (χ0) is 15.2. The van der Waals surface area contributed by atoms with Crippen molar-refractivity contribution in [2.75, 3.05) is 17.8 Å². The summed E-state index contributed by atoms with van der Waals surface area (Å²) in [4.78, 5) is 0. The predicted octanol–water partition coefficient (Wildman–Crippen LogP) is 1.60. The second kappa shape index (κ2) is 6.91. The maximum atomic E-state index is 12.0. The third-order valence-electron chi connectivity index (χ3n) is 2.22. The fourth-order valence-corrected chi connectivity index (χ4v) is 2.25. The number of nitrogens with one attached hydrogen (secondary N) is 3. The maximum Gasteiger partial charge on any atom is 0.402 e. The lowest BCUT2D eigenvalue weighted by Gasteiger charge is -2.12. The lowest BCUT2D eigenvalue weighted by molar-refractivity contribution is -0.121. The molecule has 1 rings (SSSR count). The van der Waals surface area contributed by atoms with Gasteiger partial charge in [-0.25, -0.2) is 0 Å². The zero-order valence-electron chi connectivity index (χ0n) is 10.8. The molecular formula is C11H16F3N3O2S. The van der Waals surface area contributed by atoms with Gasteiger partial charge in [-0.05, 0) is 24.2 Å². The number of anilines is 1. The third kappa shape index (κ3) is 6.73. The summed E-state index contributed by atoms with van der Waals surface area (Å²) >= 11 is 0. The van der Waals surface area contributed by atoms with Gasteiger partial charge in [0, 0.05) is 6.54 Å². The summed E-state index contributed by atoms with van der Waals surface area (Å²) in [5.41, 5.74) is 1.03. The molecule has 0 saturated carbocycles. The number of hydrogen-bond donors (Lipinski definition) is 3. The normalized spacial score (nSPS) is 12.4. The second-order valence-corrected chi connectivity index (χ2v) is 5.52. The first kappa shape index (κ1) is 16.7. The van der Waals surface area contributed by atoms with Crippen molar-refractivity contribution >= 4 is 15.9 Å². The van der Waals surface area contributed by atoms with Gasteiger partial charge in [0.05, 0.1) is 5.69 Å². The van der Waals surface area contributed by atoms with Crippen molar-refractivity contribution in [1.82, 2.24) is 10.0 Å². The maximum absolute atomic E-state index is 12.0. The van der Waals surface area contributed by atoms with Crippen LogP contribution in [-0.4, -0.2) is 27.7 Å². The number of halogens is 3. The van der Waals surface area contributed by atoms with Crippen LogP contribution in [0, 0.1) is 0 Å². The molecule has 0 aliphatic carbocycles. The molecule has 9 heteroatoms. The molecule has 0 unspecified atom stereocenters. The number of benzene rings is 1. The standard InChI is InChI=1S/C11H16F3N3O2S/c1-2-15-7-9-4-3-5-10(6-9)17-20(18,19)16-8-11(12,13)14/h3-6,15-17H,2,7-8H2,1H3. The average Bonchev–Trinajstić information content (AvgIpc) is 2.33. The zero-order valence-corrected chi connectivity index (χ0v) is 11.6. The number of rotatable bonds is 7. The predicted molar refractivity (Wildman–Crippen MR) is 70.4 cm³/mol. The molecule has 0 amide bonds. The van der Waals surface area contributed by atoms with Gasteiger partial charge in [-0.2, -0.15) is 26.3 Å². The van der Waals surface area contributed by atoms with Crippen molar-refractivity contribution in [2.45, 2.75) is 19.6 Å². The Morgan fingerprint density at radius 2 is 1.95 bits per heavy atom. The quantitative estimate of drug-likeness (QED) is 0.716. The van der Waals surface area contributed by atoms with Crippen molar-refractivity contribution in [3.63, 3.8) is 0 Å². The molecule has 114 valence electrons. The molecule has 20 heavy (non-hydrogen) atoms. The molecule has 0 aromatic heterocycles. The van der Waals surface area contributed by atoms with Crippen molar-refractivity contribution < 1.29 is 21.6 Å². The monoisotopic (exact) mass is 311 g/mol. The Kier molecular flexibility index (Phi) is 5.78. The summed E-state index contributed by atoms with van der Waals surface area (Å²) in [6, 6.07) is 6.41. The second-order valence-electron chi connectivity index (χ2n) is 4.02. The van der Waals surface area contributed by atoms with Crippen LogP contribution in [0.4, 0.5) is 18.9 Å². The molecule has 0 bridgehead atoms. The van der Waals surface area contributed by atoms with Crippen LogP contribution in [0.15, 0.2) is 24.3 Å². The highest BCUT2D eigenvalue weighted by molar-refractivity contribution is 7.90. The summed E-state index contributed by atoms with van der Waals surface area (Å²) in [6.45, 7) is 1.61. The minimum absolute atomic E-state index is 0.204. The van der Waals surface area contributed by atoms with Gasteiger partial charge in [0.1, 0.15) is 6.54 Å². The molecule has 0 saturated heterocycles. The SMILES string of the molecule is CCNCc1cccc(NS(=O)(=O)NCC(F)(F)F)c1. The van der Waals surface area contributed by atoms with Crippen LogP contribution in [0.2, 0.25) is 0 Å². The minimum Gasteiger partial charge on any atom is -0.313 e. The van der Waals surface area contributed by atoms with E-state index in [1.807, 2.05) is 11.6 Å². The first-order chi connectivity index (χ1) is 9.22. The van der Waals surface area contributed by atoms with Gasteiger partial charge in [0.25, 0.3) is 10.2 Å². The van der Waals surface area contributed by atoms with Crippen molar-refractivity contribution in [1.29, 1.82) is 0 Å². The van der Waals surface area contributed by atoms with Crippen LogP contribution < -0.4 is 14.8 Å². The third-order valence-corrected chi connectivity index (χ3v) is 3.25. The fraction of sp³-hybridized carbons (Fsp3) is 0.455. The van der Waals surface area contributed by atoms with E-state index in [2.05, 4.69) is 5.32 Å². The van der Waals surface area contributed by atoms with Gasteiger partial charge in [-0.3, -0.25) is 4.72 Å². The Morgan fingerprint density at radius 1 is 1.25 bits per heavy atom. The molecule has 3 N–H and O–H groups in total. The van der Waals surface area contributed by atoms with Gasteiger partial charge in [0.15, 0.2) is 0 Å². The Bertz CT molecular complexity index is 532. The van der Waals surface area contributed by atoms with Crippen molar-refractivity contribution in [2.24, 2.45) is 0 Å². The Morgan fingerprint density at radius 3 is 2.55 bits per heavy atom. The van der Waals surface area contributed by atoms with Crippen LogP contribution >= 0.6 is 0 Å². The van der Waals surface area contributed by atoms with E-state index in [1.54, 1.807) is 18.2 Å². The Balaban J connectivity index is 2.67.